The van der Waals surface area contributed by atoms with Crippen molar-refractivity contribution in [2.24, 2.45) is 11.7 Å². The third kappa shape index (κ3) is 3.93. The molecule has 5 heteroatoms. The maximum absolute atomic E-state index is 13.1. The molecule has 1 atom stereocenters. The van der Waals surface area contributed by atoms with Gasteiger partial charge in [-0.2, -0.15) is 0 Å². The van der Waals surface area contributed by atoms with Crippen LogP contribution in [0.25, 0.3) is 0 Å². The van der Waals surface area contributed by atoms with Crippen LogP contribution in [0.1, 0.15) is 46.7 Å². The first-order valence-corrected chi connectivity index (χ1v) is 9.16. The molecule has 3 rings (SSSR count). The molecule has 1 unspecified atom stereocenters. The monoisotopic (exact) mass is 340 g/mol. The van der Waals surface area contributed by atoms with Gasteiger partial charge in [0, 0.05) is 30.7 Å². The summed E-state index contributed by atoms with van der Waals surface area (Å²) >= 11 is 0. The summed E-state index contributed by atoms with van der Waals surface area (Å²) in [4.78, 5) is 19.5. The SMILES string of the molecule is Cc1cc(C(=O)N2CCCC(CCN)C2)c(C)n1Cc1ccccn1. The molecule has 5 nitrogen and oxygen atoms in total. The molecule has 1 fully saturated rings. The van der Waals surface area contributed by atoms with Crippen LogP contribution in [0.3, 0.4) is 0 Å². The molecular formula is C20H28N4O. The molecule has 1 amide bonds. The highest BCUT2D eigenvalue weighted by Gasteiger charge is 2.26. The van der Waals surface area contributed by atoms with Gasteiger partial charge in [-0.3, -0.25) is 9.78 Å². The fraction of sp³-hybridized carbons (Fsp3) is 0.500. The van der Waals surface area contributed by atoms with Crippen LogP contribution in [-0.2, 0) is 6.54 Å². The Morgan fingerprint density at radius 3 is 2.92 bits per heavy atom. The Morgan fingerprint density at radius 2 is 2.20 bits per heavy atom. The molecule has 3 heterocycles. The van der Waals surface area contributed by atoms with Crippen LogP contribution in [0, 0.1) is 19.8 Å². The molecule has 0 aromatic carbocycles. The molecule has 1 saturated heterocycles. The first-order chi connectivity index (χ1) is 12.1. The number of hydrogen-bond donors (Lipinski definition) is 1. The molecule has 1 aliphatic rings. The molecule has 0 spiro atoms. The number of nitrogens with zero attached hydrogens (tertiary/aromatic N) is 3. The predicted octanol–water partition coefficient (Wildman–Crippen LogP) is 2.75. The molecule has 2 aromatic rings. The van der Waals surface area contributed by atoms with Crippen LogP contribution in [0.5, 0.6) is 0 Å². The molecule has 2 aromatic heterocycles. The summed E-state index contributed by atoms with van der Waals surface area (Å²) in [5.74, 6) is 0.696. The molecule has 0 bridgehead atoms. The lowest BCUT2D eigenvalue weighted by atomic mass is 9.94. The minimum atomic E-state index is 0.155. The maximum Gasteiger partial charge on any atom is 0.255 e. The van der Waals surface area contributed by atoms with E-state index >= 15 is 0 Å². The minimum Gasteiger partial charge on any atom is -0.342 e. The van der Waals surface area contributed by atoms with Crippen molar-refractivity contribution in [2.45, 2.75) is 39.7 Å². The average molecular weight is 340 g/mol. The number of amides is 1. The van der Waals surface area contributed by atoms with Gasteiger partial charge in [0.1, 0.15) is 0 Å². The van der Waals surface area contributed by atoms with Gasteiger partial charge in [0.05, 0.1) is 17.8 Å². The molecule has 25 heavy (non-hydrogen) atoms. The van der Waals surface area contributed by atoms with Gasteiger partial charge in [0.2, 0.25) is 0 Å². The van der Waals surface area contributed by atoms with Crippen molar-refractivity contribution in [1.29, 1.82) is 0 Å². The van der Waals surface area contributed by atoms with Crippen molar-refractivity contribution in [3.63, 3.8) is 0 Å². The van der Waals surface area contributed by atoms with Gasteiger partial charge in [0.15, 0.2) is 0 Å². The molecule has 0 aliphatic carbocycles. The Bertz CT molecular complexity index is 721. The normalized spacial score (nSPS) is 17.7. The van der Waals surface area contributed by atoms with Crippen LogP contribution in [-0.4, -0.2) is 40.0 Å². The summed E-state index contributed by atoms with van der Waals surface area (Å²) in [6, 6.07) is 7.95. The van der Waals surface area contributed by atoms with E-state index in [-0.39, 0.29) is 5.91 Å². The van der Waals surface area contributed by atoms with Gasteiger partial charge < -0.3 is 15.2 Å². The van der Waals surface area contributed by atoms with E-state index in [1.807, 2.05) is 36.1 Å². The average Bonchev–Trinajstić information content (AvgIpc) is 2.91. The first kappa shape index (κ1) is 17.7. The molecule has 0 saturated carbocycles. The molecule has 0 radical (unpaired) electrons. The molecular weight excluding hydrogens is 312 g/mol. The summed E-state index contributed by atoms with van der Waals surface area (Å²) in [7, 11) is 0. The van der Waals surface area contributed by atoms with E-state index in [2.05, 4.69) is 16.5 Å². The van der Waals surface area contributed by atoms with Crippen molar-refractivity contribution >= 4 is 5.91 Å². The Kier molecular flexibility index (Phi) is 5.53. The standard InChI is InChI=1S/C20H28N4O/c1-15-12-19(16(2)24(15)14-18-7-3-4-10-22-18)20(25)23-11-5-6-17(13-23)8-9-21/h3-4,7,10,12,17H,5-6,8-9,11,13-14,21H2,1-2H3. The maximum atomic E-state index is 13.1. The second kappa shape index (κ2) is 7.83. The summed E-state index contributed by atoms with van der Waals surface area (Å²) in [5, 5.41) is 0. The lowest BCUT2D eigenvalue weighted by Gasteiger charge is -2.32. The topological polar surface area (TPSA) is 64.2 Å². The number of rotatable bonds is 5. The Balaban J connectivity index is 1.78. The van der Waals surface area contributed by atoms with Gasteiger partial charge in [-0.15, -0.1) is 0 Å². The van der Waals surface area contributed by atoms with E-state index in [1.165, 1.54) is 6.42 Å². The number of carbonyl (C=O) groups excluding carboxylic acids is 1. The summed E-state index contributed by atoms with van der Waals surface area (Å²) in [6.07, 6.45) is 5.06. The zero-order valence-electron chi connectivity index (χ0n) is 15.2. The lowest BCUT2D eigenvalue weighted by Crippen LogP contribution is -2.40. The number of piperidine rings is 1. The lowest BCUT2D eigenvalue weighted by molar-refractivity contribution is 0.0668. The zero-order valence-corrected chi connectivity index (χ0v) is 15.2. The van der Waals surface area contributed by atoms with Gasteiger partial charge in [-0.05, 0) is 63.8 Å². The highest BCUT2D eigenvalue weighted by atomic mass is 16.2. The number of nitrogens with two attached hydrogens (primary N) is 1. The van der Waals surface area contributed by atoms with Gasteiger partial charge >= 0.3 is 0 Å². The molecule has 2 N–H and O–H groups in total. The third-order valence-electron chi connectivity index (χ3n) is 5.23. The largest absolute Gasteiger partial charge is 0.342 e. The van der Waals surface area contributed by atoms with E-state index in [4.69, 9.17) is 5.73 Å². The van der Waals surface area contributed by atoms with E-state index < -0.39 is 0 Å². The Morgan fingerprint density at radius 1 is 1.36 bits per heavy atom. The Labute approximate surface area is 149 Å². The minimum absolute atomic E-state index is 0.155. The van der Waals surface area contributed by atoms with Crippen molar-refractivity contribution in [3.8, 4) is 0 Å². The second-order valence-electron chi connectivity index (χ2n) is 7.03. The fourth-order valence-electron chi connectivity index (χ4n) is 3.81. The fourth-order valence-corrected chi connectivity index (χ4v) is 3.81. The number of carbonyl (C=O) groups is 1. The number of pyridine rings is 1. The van der Waals surface area contributed by atoms with E-state index in [1.54, 1.807) is 6.20 Å². The van der Waals surface area contributed by atoms with Crippen LogP contribution in [0.2, 0.25) is 0 Å². The first-order valence-electron chi connectivity index (χ1n) is 9.16. The van der Waals surface area contributed by atoms with Gasteiger partial charge in [0.25, 0.3) is 5.91 Å². The van der Waals surface area contributed by atoms with Crippen LogP contribution in [0.15, 0.2) is 30.5 Å². The van der Waals surface area contributed by atoms with Crippen LogP contribution < -0.4 is 5.73 Å². The van der Waals surface area contributed by atoms with E-state index in [0.717, 1.165) is 48.6 Å². The molecule has 134 valence electrons. The van der Waals surface area contributed by atoms with E-state index in [0.29, 0.717) is 19.0 Å². The van der Waals surface area contributed by atoms with Crippen molar-refractivity contribution in [2.75, 3.05) is 19.6 Å². The van der Waals surface area contributed by atoms with Crippen molar-refractivity contribution < 1.29 is 4.79 Å². The second-order valence-corrected chi connectivity index (χ2v) is 7.03. The van der Waals surface area contributed by atoms with Gasteiger partial charge in [-0.25, -0.2) is 0 Å². The van der Waals surface area contributed by atoms with Crippen LogP contribution in [0.4, 0.5) is 0 Å². The van der Waals surface area contributed by atoms with Crippen molar-refractivity contribution in [1.82, 2.24) is 14.5 Å². The molecule has 1 aliphatic heterocycles. The Hall–Kier alpha value is -2.14. The van der Waals surface area contributed by atoms with Gasteiger partial charge in [-0.1, -0.05) is 6.07 Å². The summed E-state index contributed by atoms with van der Waals surface area (Å²) < 4.78 is 2.18. The van der Waals surface area contributed by atoms with Crippen molar-refractivity contribution in [3.05, 3.63) is 53.1 Å². The number of aryl methyl sites for hydroxylation is 1. The predicted molar refractivity (Wildman–Crippen MR) is 99.5 cm³/mol. The highest BCUT2D eigenvalue weighted by Crippen LogP contribution is 2.23. The zero-order chi connectivity index (χ0) is 17.8. The summed E-state index contributed by atoms with van der Waals surface area (Å²) in [6.45, 7) is 7.17. The smallest absolute Gasteiger partial charge is 0.255 e. The number of aromatic nitrogens is 2. The third-order valence-corrected chi connectivity index (χ3v) is 5.23. The highest BCUT2D eigenvalue weighted by molar-refractivity contribution is 5.95. The van der Waals surface area contributed by atoms with Crippen LogP contribution >= 0.6 is 0 Å². The quantitative estimate of drug-likeness (QED) is 0.910. The number of hydrogen-bond acceptors (Lipinski definition) is 3. The summed E-state index contributed by atoms with van der Waals surface area (Å²) in [5.41, 5.74) is 9.65. The number of likely N-dealkylation sites (tertiary alicyclic amines) is 1. The van der Waals surface area contributed by atoms with E-state index in [9.17, 15) is 4.79 Å².